The second-order valence-electron chi connectivity index (χ2n) is 4.76. The summed E-state index contributed by atoms with van der Waals surface area (Å²) < 4.78 is 5.95. The lowest BCUT2D eigenvalue weighted by Crippen LogP contribution is -2.11. The van der Waals surface area contributed by atoms with Crippen molar-refractivity contribution in [1.29, 1.82) is 0 Å². The number of ether oxygens (including phenoxy) is 1. The summed E-state index contributed by atoms with van der Waals surface area (Å²) in [6.45, 7) is 4.16. The molecule has 0 heterocycles. The van der Waals surface area contributed by atoms with Gasteiger partial charge < -0.3 is 4.74 Å². The second kappa shape index (κ2) is 4.01. The van der Waals surface area contributed by atoms with Gasteiger partial charge in [-0.2, -0.15) is 0 Å². The minimum atomic E-state index is 0.0913. The van der Waals surface area contributed by atoms with E-state index < -0.39 is 0 Å². The summed E-state index contributed by atoms with van der Waals surface area (Å²) in [6, 6.07) is 12.9. The maximum Gasteiger partial charge on any atom is 0.102 e. The van der Waals surface area contributed by atoms with Crippen LogP contribution in [0.3, 0.4) is 0 Å². The SMILES string of the molecule is CC(C)OC1C=Cc2cccc3cccc1c23. The van der Waals surface area contributed by atoms with Crippen molar-refractivity contribution >= 4 is 16.8 Å². The Kier molecular flexibility index (Phi) is 2.49. The monoisotopic (exact) mass is 224 g/mol. The van der Waals surface area contributed by atoms with E-state index in [2.05, 4.69) is 62.4 Å². The summed E-state index contributed by atoms with van der Waals surface area (Å²) in [4.78, 5) is 0. The van der Waals surface area contributed by atoms with E-state index in [1.54, 1.807) is 0 Å². The molecule has 2 aromatic carbocycles. The quantitative estimate of drug-likeness (QED) is 0.737. The first kappa shape index (κ1) is 10.5. The van der Waals surface area contributed by atoms with Gasteiger partial charge in [-0.1, -0.05) is 48.6 Å². The van der Waals surface area contributed by atoms with Gasteiger partial charge in [0.2, 0.25) is 0 Å². The fourth-order valence-corrected chi connectivity index (χ4v) is 2.48. The summed E-state index contributed by atoms with van der Waals surface area (Å²) in [5.41, 5.74) is 2.58. The smallest absolute Gasteiger partial charge is 0.102 e. The Morgan fingerprint density at radius 1 is 1.06 bits per heavy atom. The average Bonchev–Trinajstić information content (AvgIpc) is 2.33. The van der Waals surface area contributed by atoms with Crippen LogP contribution in [0.5, 0.6) is 0 Å². The largest absolute Gasteiger partial charge is 0.367 e. The Morgan fingerprint density at radius 2 is 1.82 bits per heavy atom. The number of rotatable bonds is 2. The van der Waals surface area contributed by atoms with Crippen LogP contribution in [0, 0.1) is 0 Å². The van der Waals surface area contributed by atoms with Gasteiger partial charge in [0.25, 0.3) is 0 Å². The highest BCUT2D eigenvalue weighted by Gasteiger charge is 2.18. The maximum absolute atomic E-state index is 5.95. The molecular formula is C16H16O. The third-order valence-electron chi connectivity index (χ3n) is 3.15. The molecule has 1 aliphatic rings. The van der Waals surface area contributed by atoms with Gasteiger partial charge in [-0.25, -0.2) is 0 Å². The predicted octanol–water partition coefficient (Wildman–Crippen LogP) is 4.33. The molecule has 1 unspecified atom stereocenters. The van der Waals surface area contributed by atoms with Crippen LogP contribution in [0.1, 0.15) is 31.1 Å². The highest BCUT2D eigenvalue weighted by atomic mass is 16.5. The normalized spacial score (nSPS) is 17.9. The summed E-state index contributed by atoms with van der Waals surface area (Å²) in [6.07, 6.45) is 4.65. The van der Waals surface area contributed by atoms with Gasteiger partial charge in [0, 0.05) is 0 Å². The zero-order valence-corrected chi connectivity index (χ0v) is 10.2. The zero-order valence-electron chi connectivity index (χ0n) is 10.2. The molecule has 86 valence electrons. The van der Waals surface area contributed by atoms with Gasteiger partial charge in [-0.15, -0.1) is 0 Å². The molecule has 0 bridgehead atoms. The van der Waals surface area contributed by atoms with Gasteiger partial charge in [0.05, 0.1) is 6.10 Å². The Morgan fingerprint density at radius 3 is 2.59 bits per heavy atom. The molecule has 0 spiro atoms. The Balaban J connectivity index is 2.20. The third kappa shape index (κ3) is 1.77. The summed E-state index contributed by atoms with van der Waals surface area (Å²) >= 11 is 0. The van der Waals surface area contributed by atoms with Crippen LogP contribution in [0.25, 0.3) is 16.8 Å². The van der Waals surface area contributed by atoms with E-state index in [9.17, 15) is 0 Å². The molecule has 17 heavy (non-hydrogen) atoms. The highest BCUT2D eigenvalue weighted by molar-refractivity contribution is 5.95. The lowest BCUT2D eigenvalue weighted by Gasteiger charge is -2.23. The maximum atomic E-state index is 5.95. The van der Waals surface area contributed by atoms with E-state index >= 15 is 0 Å². The number of hydrogen-bond acceptors (Lipinski definition) is 1. The van der Waals surface area contributed by atoms with E-state index in [0.717, 1.165) is 0 Å². The Bertz CT molecular complexity index is 576. The molecular weight excluding hydrogens is 208 g/mol. The van der Waals surface area contributed by atoms with E-state index in [1.807, 2.05) is 0 Å². The lowest BCUT2D eigenvalue weighted by molar-refractivity contribution is 0.0357. The summed E-state index contributed by atoms with van der Waals surface area (Å²) in [5.74, 6) is 0. The molecule has 0 saturated carbocycles. The first-order chi connectivity index (χ1) is 8.25. The number of hydrogen-bond donors (Lipinski definition) is 0. The molecule has 0 fully saturated rings. The molecule has 0 saturated heterocycles. The lowest BCUT2D eigenvalue weighted by atomic mass is 9.91. The first-order valence-electron chi connectivity index (χ1n) is 6.11. The van der Waals surface area contributed by atoms with Crippen LogP contribution in [-0.2, 0) is 4.74 Å². The van der Waals surface area contributed by atoms with Gasteiger partial charge in [-0.3, -0.25) is 0 Å². The van der Waals surface area contributed by atoms with Gasteiger partial charge in [0.1, 0.15) is 6.10 Å². The molecule has 1 nitrogen and oxygen atoms in total. The Hall–Kier alpha value is -1.60. The topological polar surface area (TPSA) is 9.23 Å². The van der Waals surface area contributed by atoms with Crippen LogP contribution >= 0.6 is 0 Å². The van der Waals surface area contributed by atoms with E-state index in [1.165, 1.54) is 21.9 Å². The molecule has 1 aliphatic carbocycles. The van der Waals surface area contributed by atoms with Crippen LogP contribution < -0.4 is 0 Å². The second-order valence-corrected chi connectivity index (χ2v) is 4.76. The minimum Gasteiger partial charge on any atom is -0.367 e. The van der Waals surface area contributed by atoms with Crippen molar-refractivity contribution in [2.24, 2.45) is 0 Å². The molecule has 1 atom stereocenters. The number of benzene rings is 2. The first-order valence-corrected chi connectivity index (χ1v) is 6.11. The van der Waals surface area contributed by atoms with Crippen LogP contribution in [0.2, 0.25) is 0 Å². The molecule has 0 amide bonds. The van der Waals surface area contributed by atoms with E-state index in [-0.39, 0.29) is 12.2 Å². The van der Waals surface area contributed by atoms with Crippen molar-refractivity contribution in [2.75, 3.05) is 0 Å². The van der Waals surface area contributed by atoms with Crippen molar-refractivity contribution in [3.05, 3.63) is 53.6 Å². The molecule has 0 radical (unpaired) electrons. The van der Waals surface area contributed by atoms with Crippen molar-refractivity contribution in [2.45, 2.75) is 26.1 Å². The predicted molar refractivity (Wildman–Crippen MR) is 71.9 cm³/mol. The fraction of sp³-hybridized carbons (Fsp3) is 0.250. The average molecular weight is 224 g/mol. The van der Waals surface area contributed by atoms with Crippen LogP contribution in [0.15, 0.2) is 42.5 Å². The highest BCUT2D eigenvalue weighted by Crippen LogP contribution is 2.35. The Labute approximate surface area is 102 Å². The molecule has 2 aromatic rings. The summed E-state index contributed by atoms with van der Waals surface area (Å²) in [5, 5.41) is 2.63. The van der Waals surface area contributed by atoms with Crippen molar-refractivity contribution in [3.8, 4) is 0 Å². The third-order valence-corrected chi connectivity index (χ3v) is 3.15. The van der Waals surface area contributed by atoms with Crippen LogP contribution in [-0.4, -0.2) is 6.10 Å². The standard InChI is InChI=1S/C16H16O/c1-11(2)17-15-10-9-13-6-3-5-12-7-4-8-14(15)16(12)13/h3-11,15H,1-2H3. The van der Waals surface area contributed by atoms with Gasteiger partial charge >= 0.3 is 0 Å². The van der Waals surface area contributed by atoms with E-state index in [0.29, 0.717) is 0 Å². The van der Waals surface area contributed by atoms with Gasteiger partial charge in [-0.05, 0) is 35.7 Å². The molecule has 1 heteroatoms. The summed E-state index contributed by atoms with van der Waals surface area (Å²) in [7, 11) is 0. The minimum absolute atomic E-state index is 0.0913. The van der Waals surface area contributed by atoms with E-state index in [4.69, 9.17) is 4.74 Å². The molecule has 3 rings (SSSR count). The van der Waals surface area contributed by atoms with Gasteiger partial charge in [0.15, 0.2) is 0 Å². The fourth-order valence-electron chi connectivity index (χ4n) is 2.48. The molecule has 0 N–H and O–H groups in total. The zero-order chi connectivity index (χ0) is 11.8. The molecule has 0 aliphatic heterocycles. The van der Waals surface area contributed by atoms with Crippen molar-refractivity contribution in [1.82, 2.24) is 0 Å². The van der Waals surface area contributed by atoms with Crippen molar-refractivity contribution in [3.63, 3.8) is 0 Å². The van der Waals surface area contributed by atoms with Crippen molar-refractivity contribution < 1.29 is 4.74 Å². The molecule has 0 aromatic heterocycles. The van der Waals surface area contributed by atoms with Crippen LogP contribution in [0.4, 0.5) is 0 Å².